The summed E-state index contributed by atoms with van der Waals surface area (Å²) in [4.78, 5) is 25.5. The molecule has 0 saturated carbocycles. The van der Waals surface area contributed by atoms with Gasteiger partial charge in [0.15, 0.2) is 12.4 Å². The first-order chi connectivity index (χ1) is 33.8. The second-order valence-electron chi connectivity index (χ2n) is 20.4. The van der Waals surface area contributed by atoms with Crippen molar-refractivity contribution in [3.63, 3.8) is 0 Å². The van der Waals surface area contributed by atoms with Crippen molar-refractivity contribution in [2.24, 2.45) is 0 Å². The van der Waals surface area contributed by atoms with Gasteiger partial charge in [0.05, 0.1) is 13.2 Å². The van der Waals surface area contributed by atoms with Gasteiger partial charge in [0, 0.05) is 12.8 Å². The number of rotatable bonds is 51. The third-order valence-corrected chi connectivity index (χ3v) is 13.8. The van der Waals surface area contributed by atoms with Crippen LogP contribution in [0.15, 0.2) is 24.3 Å². The summed E-state index contributed by atoms with van der Waals surface area (Å²) >= 11 is 0. The number of allylic oxidation sites excluding steroid dienone is 4. The maximum absolute atomic E-state index is 12.9. The third kappa shape index (κ3) is 40.4. The minimum absolute atomic E-state index is 0.219. The van der Waals surface area contributed by atoms with Gasteiger partial charge in [-0.1, -0.05) is 250 Å². The average molecular weight is 980 g/mol. The van der Waals surface area contributed by atoms with Gasteiger partial charge in [-0.2, -0.15) is 0 Å². The summed E-state index contributed by atoms with van der Waals surface area (Å²) in [6.45, 7) is 3.45. The van der Waals surface area contributed by atoms with Crippen LogP contribution in [-0.2, 0) is 28.5 Å². The van der Waals surface area contributed by atoms with E-state index in [2.05, 4.69) is 38.2 Å². The normalized spacial score (nSPS) is 19.0. The molecule has 1 heterocycles. The highest BCUT2D eigenvalue weighted by molar-refractivity contribution is 5.70. The minimum Gasteiger partial charge on any atom is -0.462 e. The molecule has 10 heteroatoms. The van der Waals surface area contributed by atoms with Crippen LogP contribution >= 0.6 is 0 Å². The zero-order chi connectivity index (χ0) is 50.1. The molecule has 4 N–H and O–H groups in total. The van der Waals surface area contributed by atoms with Gasteiger partial charge in [-0.3, -0.25) is 9.59 Å². The highest BCUT2D eigenvalue weighted by Crippen LogP contribution is 2.23. The number of hydrogen-bond acceptors (Lipinski definition) is 10. The van der Waals surface area contributed by atoms with Gasteiger partial charge in [0.1, 0.15) is 31.0 Å². The van der Waals surface area contributed by atoms with E-state index in [0.717, 1.165) is 44.9 Å². The van der Waals surface area contributed by atoms with E-state index < -0.39 is 55.4 Å². The summed E-state index contributed by atoms with van der Waals surface area (Å²) in [6, 6.07) is 0. The first-order valence-electron chi connectivity index (χ1n) is 29.4. The Morgan fingerprint density at radius 2 is 0.797 bits per heavy atom. The van der Waals surface area contributed by atoms with Crippen molar-refractivity contribution < 1.29 is 49.0 Å². The van der Waals surface area contributed by atoms with Crippen LogP contribution < -0.4 is 0 Å². The lowest BCUT2D eigenvalue weighted by atomic mass is 9.99. The maximum Gasteiger partial charge on any atom is 0.306 e. The van der Waals surface area contributed by atoms with Gasteiger partial charge < -0.3 is 39.4 Å². The molecular weight excluding hydrogens is 869 g/mol. The number of esters is 2. The fourth-order valence-corrected chi connectivity index (χ4v) is 9.21. The highest BCUT2D eigenvalue weighted by atomic mass is 16.7. The Hall–Kier alpha value is -1.82. The van der Waals surface area contributed by atoms with Crippen molar-refractivity contribution in [3.05, 3.63) is 24.3 Å². The summed E-state index contributed by atoms with van der Waals surface area (Å²) in [5.74, 6) is -0.839. The molecule has 10 nitrogen and oxygen atoms in total. The van der Waals surface area contributed by atoms with Crippen LogP contribution in [0.25, 0.3) is 0 Å². The maximum atomic E-state index is 12.9. The van der Waals surface area contributed by atoms with Crippen molar-refractivity contribution in [1.82, 2.24) is 0 Å². The van der Waals surface area contributed by atoms with Crippen LogP contribution in [0.5, 0.6) is 0 Å². The Labute approximate surface area is 423 Å². The highest BCUT2D eigenvalue weighted by Gasteiger charge is 2.44. The van der Waals surface area contributed by atoms with E-state index in [4.69, 9.17) is 18.9 Å². The van der Waals surface area contributed by atoms with Crippen LogP contribution in [0.4, 0.5) is 0 Å². The predicted molar refractivity (Wildman–Crippen MR) is 284 cm³/mol. The zero-order valence-corrected chi connectivity index (χ0v) is 44.8. The summed E-state index contributed by atoms with van der Waals surface area (Å²) in [5.41, 5.74) is 0. The monoisotopic (exact) mass is 979 g/mol. The Morgan fingerprint density at radius 1 is 0.435 bits per heavy atom. The Morgan fingerprint density at radius 3 is 1.22 bits per heavy atom. The molecule has 6 atom stereocenters. The molecule has 406 valence electrons. The molecule has 0 aromatic rings. The molecule has 69 heavy (non-hydrogen) atoms. The molecule has 0 aliphatic carbocycles. The quantitative estimate of drug-likeness (QED) is 0.0263. The van der Waals surface area contributed by atoms with Crippen LogP contribution in [0, 0.1) is 0 Å². The SMILES string of the molecule is CCCCCCCCCCCCCCCC/C=C/CC/C=C/CCCC(=O)OC[C@@H](CO[C@H]1O[C@@H](CO)[C@@H](O)C(O)C1O)OC(=O)CCCCCCCCCCCCCCCCCCCCCCC. The largest absolute Gasteiger partial charge is 0.462 e. The third-order valence-electron chi connectivity index (χ3n) is 13.8. The van der Waals surface area contributed by atoms with Gasteiger partial charge in [0.25, 0.3) is 0 Å². The van der Waals surface area contributed by atoms with E-state index in [1.807, 2.05) is 0 Å². The topological polar surface area (TPSA) is 152 Å². The molecule has 0 aromatic heterocycles. The number of unbranched alkanes of at least 4 members (excludes halogenated alkanes) is 36. The molecule has 0 aromatic carbocycles. The molecule has 1 rings (SSSR count). The molecule has 1 aliphatic rings. The second kappa shape index (κ2) is 49.7. The van der Waals surface area contributed by atoms with Crippen molar-refractivity contribution >= 4 is 11.9 Å². The summed E-state index contributed by atoms with van der Waals surface area (Å²) in [7, 11) is 0. The molecular formula is C59H110O10. The lowest BCUT2D eigenvalue weighted by Crippen LogP contribution is -2.59. The fourth-order valence-electron chi connectivity index (χ4n) is 9.21. The molecule has 1 aliphatic heterocycles. The van der Waals surface area contributed by atoms with Crippen molar-refractivity contribution in [2.45, 2.75) is 320 Å². The van der Waals surface area contributed by atoms with Crippen molar-refractivity contribution in [1.29, 1.82) is 0 Å². The first kappa shape index (κ1) is 65.2. The number of aliphatic hydroxyl groups excluding tert-OH is 4. The predicted octanol–water partition coefficient (Wildman–Crippen LogP) is 14.8. The molecule has 1 saturated heterocycles. The lowest BCUT2D eigenvalue weighted by molar-refractivity contribution is -0.305. The molecule has 0 bridgehead atoms. The van der Waals surface area contributed by atoms with Gasteiger partial charge in [-0.15, -0.1) is 0 Å². The number of carbonyl (C=O) groups excluding carboxylic acids is 2. The van der Waals surface area contributed by atoms with Gasteiger partial charge >= 0.3 is 11.9 Å². The summed E-state index contributed by atoms with van der Waals surface area (Å²) < 4.78 is 22.3. The molecule has 0 radical (unpaired) electrons. The fraction of sp³-hybridized carbons (Fsp3) is 0.898. The standard InChI is InChI=1S/C59H110O10/c1-3-5-7-9-11-13-15-17-19-21-23-25-26-28-29-31-33-35-37-39-41-43-45-47-54(61)66-50-52(51-67-59-58(65)57(64)56(63)53(49-60)69-59)68-55(62)48-46-44-42-40-38-36-34-32-30-27-24-22-20-18-16-14-12-10-8-6-4-2/h31,33,39,41,52-53,56-60,63-65H,3-30,32,34-38,40,42-51H2,1-2H3/b33-31+,41-39+/t52-,53-,56+,57?,58?,59-/m0/s1. The Bertz CT molecular complexity index is 1180. The molecule has 0 amide bonds. The van der Waals surface area contributed by atoms with E-state index in [9.17, 15) is 30.0 Å². The molecule has 2 unspecified atom stereocenters. The van der Waals surface area contributed by atoms with Crippen LogP contribution in [0.3, 0.4) is 0 Å². The van der Waals surface area contributed by atoms with Crippen LogP contribution in [0.1, 0.15) is 284 Å². The van der Waals surface area contributed by atoms with E-state index in [1.54, 1.807) is 0 Å². The Kier molecular flexibility index (Phi) is 47.0. The average Bonchev–Trinajstić information content (AvgIpc) is 3.35. The molecule has 1 fully saturated rings. The van der Waals surface area contributed by atoms with E-state index >= 15 is 0 Å². The smallest absolute Gasteiger partial charge is 0.306 e. The summed E-state index contributed by atoms with van der Waals surface area (Å²) in [6.07, 6.45) is 52.1. The zero-order valence-electron chi connectivity index (χ0n) is 44.8. The van der Waals surface area contributed by atoms with Crippen LogP contribution in [0.2, 0.25) is 0 Å². The number of carbonyl (C=O) groups is 2. The van der Waals surface area contributed by atoms with E-state index in [1.165, 1.54) is 199 Å². The Balaban J connectivity index is 2.21. The van der Waals surface area contributed by atoms with Crippen molar-refractivity contribution in [2.75, 3.05) is 19.8 Å². The summed E-state index contributed by atoms with van der Waals surface area (Å²) in [5, 5.41) is 40.3. The lowest BCUT2D eigenvalue weighted by Gasteiger charge is -2.39. The minimum atomic E-state index is -1.60. The number of hydrogen-bond donors (Lipinski definition) is 4. The van der Waals surface area contributed by atoms with Gasteiger partial charge in [-0.05, 0) is 44.9 Å². The number of aliphatic hydroxyl groups is 4. The van der Waals surface area contributed by atoms with Gasteiger partial charge in [0.2, 0.25) is 0 Å². The van der Waals surface area contributed by atoms with E-state index in [0.29, 0.717) is 12.8 Å². The van der Waals surface area contributed by atoms with Gasteiger partial charge in [-0.25, -0.2) is 0 Å². The molecule has 0 spiro atoms. The first-order valence-corrected chi connectivity index (χ1v) is 29.4. The number of ether oxygens (including phenoxy) is 4. The van der Waals surface area contributed by atoms with E-state index in [-0.39, 0.29) is 26.1 Å². The van der Waals surface area contributed by atoms with Crippen LogP contribution in [-0.4, -0.2) is 89.0 Å². The van der Waals surface area contributed by atoms with Crippen molar-refractivity contribution in [3.8, 4) is 0 Å². The second-order valence-corrected chi connectivity index (χ2v) is 20.4.